The predicted octanol–water partition coefficient (Wildman–Crippen LogP) is 6.97. The second-order valence-electron chi connectivity index (χ2n) is 10.9. The van der Waals surface area contributed by atoms with Gasteiger partial charge < -0.3 is 29.0 Å². The van der Waals surface area contributed by atoms with Gasteiger partial charge in [0.2, 0.25) is 0 Å². The molecular formula is C32H30N5O3ReS-. The van der Waals surface area contributed by atoms with Crippen molar-refractivity contribution in [1.29, 1.82) is 0 Å². The first kappa shape index (κ1) is 28.4. The molecule has 2 aromatic carbocycles. The van der Waals surface area contributed by atoms with Crippen LogP contribution in [0.3, 0.4) is 0 Å². The summed E-state index contributed by atoms with van der Waals surface area (Å²) in [5, 5.41) is 16.2. The molecule has 1 aliphatic rings. The Balaban J connectivity index is 0.00000316. The summed E-state index contributed by atoms with van der Waals surface area (Å²) in [6.07, 6.45) is 11.9. The molecule has 0 saturated heterocycles. The zero-order valence-electron chi connectivity index (χ0n) is 23.1. The normalized spacial score (nSPS) is 14.7. The Morgan fingerprint density at radius 2 is 2.00 bits per heavy atom. The van der Waals surface area contributed by atoms with Gasteiger partial charge in [0.05, 0.1) is 22.9 Å². The maximum absolute atomic E-state index is 13.7. The van der Waals surface area contributed by atoms with Gasteiger partial charge in [-0.3, -0.25) is 16.1 Å². The summed E-state index contributed by atoms with van der Waals surface area (Å²) in [7, 11) is 1.98. The zero-order valence-corrected chi connectivity index (χ0v) is 26.6. The molecule has 0 unspecified atom stereocenters. The van der Waals surface area contributed by atoms with E-state index in [0.29, 0.717) is 18.0 Å². The summed E-state index contributed by atoms with van der Waals surface area (Å²) in [4.78, 5) is 23.1. The molecule has 4 heterocycles. The number of phenols is 1. The van der Waals surface area contributed by atoms with E-state index < -0.39 is 0 Å². The second-order valence-corrected chi connectivity index (χ2v) is 11.5. The number of aryl methyl sites for hydroxylation is 1. The van der Waals surface area contributed by atoms with Crippen LogP contribution in [0.5, 0.6) is 5.75 Å². The van der Waals surface area contributed by atoms with E-state index in [9.17, 15) is 9.90 Å². The van der Waals surface area contributed by atoms with Crippen molar-refractivity contribution < 1.29 is 34.7 Å². The molecule has 1 saturated carbocycles. The van der Waals surface area contributed by atoms with Gasteiger partial charge >= 0.3 is 0 Å². The number of hydrogen-bond acceptors (Lipinski definition) is 6. The molecule has 6 aromatic rings. The van der Waals surface area contributed by atoms with Crippen molar-refractivity contribution in [2.45, 2.75) is 50.6 Å². The number of nitrogens with zero attached hydrogens (tertiary/aromatic N) is 4. The first-order chi connectivity index (χ1) is 20.0. The van der Waals surface area contributed by atoms with Crippen molar-refractivity contribution in [3.8, 4) is 17.1 Å². The summed E-state index contributed by atoms with van der Waals surface area (Å²) in [5.74, 6) is 0.904. The van der Waals surface area contributed by atoms with E-state index in [4.69, 9.17) is 9.40 Å². The van der Waals surface area contributed by atoms with Crippen LogP contribution in [0.2, 0.25) is 0 Å². The van der Waals surface area contributed by atoms with Crippen LogP contribution in [0, 0.1) is 5.51 Å². The number of benzene rings is 2. The number of carbonyl (C=O) groups is 1. The van der Waals surface area contributed by atoms with Crippen LogP contribution in [0.15, 0.2) is 71.0 Å². The fourth-order valence-corrected chi connectivity index (χ4v) is 6.76. The van der Waals surface area contributed by atoms with E-state index in [1.807, 2.05) is 53.5 Å². The number of amides is 1. The average molecular weight is 751 g/mol. The minimum atomic E-state index is -0.366. The quantitative estimate of drug-likeness (QED) is 0.172. The maximum atomic E-state index is 13.7. The van der Waals surface area contributed by atoms with Gasteiger partial charge in [-0.15, -0.1) is 5.38 Å². The van der Waals surface area contributed by atoms with Gasteiger partial charge in [-0.25, -0.2) is 4.98 Å². The first-order valence-corrected chi connectivity index (χ1v) is 14.9. The molecule has 7 rings (SSSR count). The Bertz CT molecular complexity index is 1840. The number of carbonyl (C=O) groups excluding carboxylic acids is 1. The summed E-state index contributed by atoms with van der Waals surface area (Å²) in [6, 6.07) is 13.1. The summed E-state index contributed by atoms with van der Waals surface area (Å²) in [6.45, 7) is 0. The fraction of sp³-hybridized carbons (Fsp3) is 0.281. The van der Waals surface area contributed by atoms with Crippen LogP contribution in [0.1, 0.15) is 65.8 Å². The van der Waals surface area contributed by atoms with Crippen molar-refractivity contribution in [1.82, 2.24) is 24.4 Å². The van der Waals surface area contributed by atoms with Crippen molar-refractivity contribution in [3.63, 3.8) is 0 Å². The third kappa shape index (κ3) is 5.31. The van der Waals surface area contributed by atoms with Gasteiger partial charge in [0.1, 0.15) is 17.8 Å². The van der Waals surface area contributed by atoms with Crippen LogP contribution in [0.25, 0.3) is 33.3 Å². The molecule has 4 aromatic heterocycles. The van der Waals surface area contributed by atoms with E-state index >= 15 is 0 Å². The van der Waals surface area contributed by atoms with Gasteiger partial charge in [0, 0.05) is 62.2 Å². The fourth-order valence-electron chi connectivity index (χ4n) is 6.21. The number of aromatic nitrogens is 4. The molecule has 0 spiro atoms. The molecule has 1 radical (unpaired) electrons. The molecule has 8 nitrogen and oxygen atoms in total. The number of rotatable bonds is 7. The van der Waals surface area contributed by atoms with Crippen molar-refractivity contribution >= 4 is 39.2 Å². The van der Waals surface area contributed by atoms with Crippen molar-refractivity contribution in [3.05, 3.63) is 88.9 Å². The number of nitrogens with one attached hydrogen (secondary N) is 1. The maximum Gasteiger partial charge on any atom is 0.250 e. The topological polar surface area (TPSA) is 98.1 Å². The molecule has 1 aliphatic carbocycles. The smallest absolute Gasteiger partial charge is 0.250 e. The van der Waals surface area contributed by atoms with Gasteiger partial charge in [-0.1, -0.05) is 25.0 Å². The van der Waals surface area contributed by atoms with E-state index in [-0.39, 0.29) is 38.1 Å². The number of hydrogen-bond donors (Lipinski definition) is 2. The van der Waals surface area contributed by atoms with E-state index in [2.05, 4.69) is 20.4 Å². The number of furan rings is 1. The molecule has 0 aliphatic heterocycles. The van der Waals surface area contributed by atoms with Crippen LogP contribution in [0.4, 0.5) is 0 Å². The molecule has 42 heavy (non-hydrogen) atoms. The predicted molar refractivity (Wildman–Crippen MR) is 159 cm³/mol. The van der Waals surface area contributed by atoms with Crippen molar-refractivity contribution in [2.75, 3.05) is 0 Å². The minimum Gasteiger partial charge on any atom is -0.508 e. The Labute approximate surface area is 261 Å². The Morgan fingerprint density at radius 1 is 1.17 bits per heavy atom. The Hall–Kier alpha value is -3.71. The number of imidazole rings is 1. The molecule has 1 fully saturated rings. The van der Waals surface area contributed by atoms with E-state index in [1.165, 1.54) is 30.6 Å². The van der Waals surface area contributed by atoms with E-state index in [0.717, 1.165) is 57.4 Å². The van der Waals surface area contributed by atoms with Crippen LogP contribution in [-0.2, 0) is 33.9 Å². The summed E-state index contributed by atoms with van der Waals surface area (Å²) >= 11 is 1.38. The molecular weight excluding hydrogens is 721 g/mol. The SMILES string of the molecule is Cn1cc(C[C@H](NC(=O)c2ccc3c(c2)nc(-c2ccoc2)n3C2CCCCC2)c2cs[c-]n2)c2cc(O)ccc21.[Re]. The number of aromatic hydroxyl groups is 1. The van der Waals surface area contributed by atoms with Gasteiger partial charge in [0.25, 0.3) is 5.91 Å². The number of phenolic OH excluding ortho intramolecular Hbond substituents is 1. The van der Waals surface area contributed by atoms with Crippen LogP contribution < -0.4 is 5.32 Å². The second kappa shape index (κ2) is 11.9. The number of thiazole rings is 1. The molecule has 1 amide bonds. The number of fused-ring (bicyclic) bond motifs is 2. The monoisotopic (exact) mass is 751 g/mol. The van der Waals surface area contributed by atoms with Crippen LogP contribution in [-0.4, -0.2) is 30.1 Å². The third-order valence-electron chi connectivity index (χ3n) is 8.22. The Morgan fingerprint density at radius 3 is 2.76 bits per heavy atom. The third-order valence-corrected chi connectivity index (χ3v) is 8.78. The molecule has 215 valence electrons. The summed E-state index contributed by atoms with van der Waals surface area (Å²) in [5.41, 5.74) is 9.01. The van der Waals surface area contributed by atoms with Gasteiger partial charge in [-0.2, -0.15) is 0 Å². The van der Waals surface area contributed by atoms with Crippen molar-refractivity contribution in [2.24, 2.45) is 7.05 Å². The molecule has 0 bridgehead atoms. The molecule has 1 atom stereocenters. The standard InChI is InChI=1S/C32H30N5O3S.Re/c1-36-16-22(25-15-24(38)8-10-29(25)36)14-26(28-18-41-19-33-28)35-32(39)20-7-9-30-27(13-20)34-31(21-11-12-40-17-21)37(30)23-5-3-2-4-6-23;/h7-13,15-18,23,26,38H,2-6,14H2,1H3,(H,35,39);/q-1;/t26-;/m0./s1. The molecule has 10 heteroatoms. The van der Waals surface area contributed by atoms with Crippen LogP contribution >= 0.6 is 11.3 Å². The Kier molecular flexibility index (Phi) is 8.04. The summed E-state index contributed by atoms with van der Waals surface area (Å²) < 4.78 is 9.76. The average Bonchev–Trinajstić information content (AvgIpc) is 3.80. The van der Waals surface area contributed by atoms with Gasteiger partial charge in [0.15, 0.2) is 0 Å². The van der Waals surface area contributed by atoms with Gasteiger partial charge in [-0.05, 0) is 72.8 Å². The minimum absolute atomic E-state index is 0. The zero-order chi connectivity index (χ0) is 27.9. The first-order valence-electron chi connectivity index (χ1n) is 14.0. The largest absolute Gasteiger partial charge is 0.508 e. The molecule has 2 N–H and O–H groups in total. The van der Waals surface area contributed by atoms with E-state index in [1.54, 1.807) is 24.7 Å².